The van der Waals surface area contributed by atoms with E-state index in [2.05, 4.69) is 10.2 Å². The maximum atomic E-state index is 12.0. The molecule has 2 aliphatic heterocycles. The molecule has 0 bridgehead atoms. The molecule has 3 rings (SSSR count). The Labute approximate surface area is 121 Å². The first-order chi connectivity index (χ1) is 9.64. The Kier molecular flexibility index (Phi) is 3.98. The zero-order valence-corrected chi connectivity index (χ0v) is 12.5. The maximum absolute atomic E-state index is 12.0. The summed E-state index contributed by atoms with van der Waals surface area (Å²) in [7, 11) is -2.92. The minimum Gasteiger partial charge on any atom is -0.380 e. The number of hydrogen-bond acceptors (Lipinski definition) is 4. The summed E-state index contributed by atoms with van der Waals surface area (Å²) >= 11 is 0. The number of nitrogens with one attached hydrogen (secondary N) is 1. The molecule has 2 saturated heterocycles. The Balaban J connectivity index is 1.76. The lowest BCUT2D eigenvalue weighted by atomic mass is 10.0. The summed E-state index contributed by atoms with van der Waals surface area (Å²) in [6.07, 6.45) is 3.65. The molecule has 0 aromatic heterocycles. The van der Waals surface area contributed by atoms with Crippen molar-refractivity contribution < 1.29 is 8.42 Å². The van der Waals surface area contributed by atoms with Crippen molar-refractivity contribution >= 4 is 15.5 Å². The summed E-state index contributed by atoms with van der Waals surface area (Å²) in [5.74, 6) is 0.556. The molecule has 110 valence electrons. The van der Waals surface area contributed by atoms with Crippen LogP contribution in [0.2, 0.25) is 0 Å². The second-order valence-electron chi connectivity index (χ2n) is 5.86. The third-order valence-corrected chi connectivity index (χ3v) is 6.02. The van der Waals surface area contributed by atoms with Crippen molar-refractivity contribution in [2.75, 3.05) is 29.9 Å². The SMILES string of the molecule is O=S1(=O)C[C@H](Nc2ccccc2)[C@H](N2CCCCC2)C1. The first-order valence-electron chi connectivity index (χ1n) is 7.40. The zero-order valence-electron chi connectivity index (χ0n) is 11.7. The van der Waals surface area contributed by atoms with Crippen molar-refractivity contribution in [1.29, 1.82) is 0 Å². The van der Waals surface area contributed by atoms with Gasteiger partial charge in [-0.1, -0.05) is 24.6 Å². The van der Waals surface area contributed by atoms with Crippen LogP contribution in [-0.4, -0.2) is 50.0 Å². The first-order valence-corrected chi connectivity index (χ1v) is 9.22. The minimum absolute atomic E-state index is 0.0144. The fourth-order valence-electron chi connectivity index (χ4n) is 3.33. The molecule has 0 spiro atoms. The third kappa shape index (κ3) is 3.15. The molecule has 2 atom stereocenters. The van der Waals surface area contributed by atoms with Crippen molar-refractivity contribution in [3.63, 3.8) is 0 Å². The Morgan fingerprint density at radius 2 is 1.70 bits per heavy atom. The summed E-state index contributed by atoms with van der Waals surface area (Å²) < 4.78 is 24.0. The minimum atomic E-state index is -2.92. The van der Waals surface area contributed by atoms with Crippen LogP contribution in [0.3, 0.4) is 0 Å². The Hall–Kier alpha value is -1.07. The number of para-hydroxylation sites is 1. The first kappa shape index (κ1) is 13.9. The number of hydrogen-bond donors (Lipinski definition) is 1. The Morgan fingerprint density at radius 3 is 2.40 bits per heavy atom. The standard InChI is InChI=1S/C15H22N2O2S/c18-20(19)11-14(16-13-7-3-1-4-8-13)15(12-20)17-9-5-2-6-10-17/h1,3-4,7-8,14-16H,2,5-6,9-12H2/t14-,15+/m0/s1. The van der Waals surface area contributed by atoms with Gasteiger partial charge in [0.15, 0.2) is 9.84 Å². The Morgan fingerprint density at radius 1 is 1.00 bits per heavy atom. The van der Waals surface area contributed by atoms with Gasteiger partial charge in [-0.15, -0.1) is 0 Å². The summed E-state index contributed by atoms with van der Waals surface area (Å²) in [4.78, 5) is 2.37. The molecule has 1 aromatic carbocycles. The number of piperidine rings is 1. The van der Waals surface area contributed by atoms with E-state index in [9.17, 15) is 8.42 Å². The van der Waals surface area contributed by atoms with Crippen LogP contribution in [-0.2, 0) is 9.84 Å². The smallest absolute Gasteiger partial charge is 0.153 e. The van der Waals surface area contributed by atoms with Crippen LogP contribution < -0.4 is 5.32 Å². The molecule has 20 heavy (non-hydrogen) atoms. The van der Waals surface area contributed by atoms with Gasteiger partial charge in [-0.2, -0.15) is 0 Å². The third-order valence-electron chi connectivity index (χ3n) is 4.31. The van der Waals surface area contributed by atoms with E-state index in [0.717, 1.165) is 18.8 Å². The van der Waals surface area contributed by atoms with E-state index < -0.39 is 9.84 Å². The van der Waals surface area contributed by atoms with Crippen LogP contribution >= 0.6 is 0 Å². The van der Waals surface area contributed by atoms with Gasteiger partial charge in [-0.05, 0) is 38.1 Å². The van der Waals surface area contributed by atoms with E-state index in [4.69, 9.17) is 0 Å². The largest absolute Gasteiger partial charge is 0.380 e. The van der Waals surface area contributed by atoms with Gasteiger partial charge < -0.3 is 5.32 Å². The van der Waals surface area contributed by atoms with Gasteiger partial charge in [0.1, 0.15) is 0 Å². The summed E-state index contributed by atoms with van der Waals surface area (Å²) in [6, 6.07) is 10.1. The van der Waals surface area contributed by atoms with Gasteiger partial charge in [0.2, 0.25) is 0 Å². The van der Waals surface area contributed by atoms with Crippen LogP contribution in [0.1, 0.15) is 19.3 Å². The molecule has 2 aliphatic rings. The van der Waals surface area contributed by atoms with E-state index in [1.54, 1.807) is 0 Å². The lowest BCUT2D eigenvalue weighted by Gasteiger charge is -2.35. The second kappa shape index (κ2) is 5.74. The molecular formula is C15H22N2O2S. The molecule has 2 fully saturated rings. The highest BCUT2D eigenvalue weighted by Crippen LogP contribution is 2.24. The van der Waals surface area contributed by atoms with Crippen LogP contribution in [0.5, 0.6) is 0 Å². The molecule has 0 amide bonds. The molecule has 0 aliphatic carbocycles. The molecule has 0 saturated carbocycles. The van der Waals surface area contributed by atoms with E-state index in [1.165, 1.54) is 19.3 Å². The van der Waals surface area contributed by atoms with Crippen LogP contribution in [0.15, 0.2) is 30.3 Å². The van der Waals surface area contributed by atoms with Gasteiger partial charge in [0.05, 0.1) is 17.5 Å². The van der Waals surface area contributed by atoms with E-state index >= 15 is 0 Å². The molecule has 5 heteroatoms. The lowest BCUT2D eigenvalue weighted by Crippen LogP contribution is -2.48. The zero-order chi connectivity index (χ0) is 14.0. The summed E-state index contributed by atoms with van der Waals surface area (Å²) in [6.45, 7) is 2.07. The topological polar surface area (TPSA) is 49.4 Å². The molecule has 0 unspecified atom stereocenters. The highest BCUT2D eigenvalue weighted by molar-refractivity contribution is 7.91. The van der Waals surface area contributed by atoms with Crippen molar-refractivity contribution in [3.8, 4) is 0 Å². The van der Waals surface area contributed by atoms with Crippen molar-refractivity contribution in [2.24, 2.45) is 0 Å². The highest BCUT2D eigenvalue weighted by atomic mass is 32.2. The molecule has 4 nitrogen and oxygen atoms in total. The van der Waals surface area contributed by atoms with Gasteiger partial charge in [-0.3, -0.25) is 4.90 Å². The summed E-state index contributed by atoms with van der Waals surface area (Å²) in [5.41, 5.74) is 1.01. The van der Waals surface area contributed by atoms with E-state index in [-0.39, 0.29) is 17.8 Å². The molecule has 1 aromatic rings. The summed E-state index contributed by atoms with van der Waals surface area (Å²) in [5, 5.41) is 3.42. The van der Waals surface area contributed by atoms with Gasteiger partial charge >= 0.3 is 0 Å². The van der Waals surface area contributed by atoms with Crippen molar-refractivity contribution in [3.05, 3.63) is 30.3 Å². The number of anilines is 1. The Bertz CT molecular complexity index is 538. The molecule has 0 radical (unpaired) electrons. The number of nitrogens with zero attached hydrogens (tertiary/aromatic N) is 1. The quantitative estimate of drug-likeness (QED) is 0.923. The maximum Gasteiger partial charge on any atom is 0.153 e. The number of rotatable bonds is 3. The van der Waals surface area contributed by atoms with Crippen LogP contribution in [0.25, 0.3) is 0 Å². The molecular weight excluding hydrogens is 272 g/mol. The normalized spacial score (nSPS) is 30.2. The molecule has 2 heterocycles. The van der Waals surface area contributed by atoms with Crippen LogP contribution in [0, 0.1) is 0 Å². The average Bonchev–Trinajstić information content (AvgIpc) is 2.76. The second-order valence-corrected chi connectivity index (χ2v) is 8.01. The monoisotopic (exact) mass is 294 g/mol. The average molecular weight is 294 g/mol. The van der Waals surface area contributed by atoms with Gasteiger partial charge in [-0.25, -0.2) is 8.42 Å². The van der Waals surface area contributed by atoms with E-state index in [0.29, 0.717) is 5.75 Å². The van der Waals surface area contributed by atoms with Crippen molar-refractivity contribution in [1.82, 2.24) is 4.90 Å². The molecule has 1 N–H and O–H groups in total. The van der Waals surface area contributed by atoms with Crippen molar-refractivity contribution in [2.45, 2.75) is 31.3 Å². The number of likely N-dealkylation sites (tertiary alicyclic amines) is 1. The lowest BCUT2D eigenvalue weighted by molar-refractivity contribution is 0.170. The van der Waals surface area contributed by atoms with Gasteiger partial charge in [0, 0.05) is 11.7 Å². The van der Waals surface area contributed by atoms with Gasteiger partial charge in [0.25, 0.3) is 0 Å². The number of benzene rings is 1. The fraction of sp³-hybridized carbons (Fsp3) is 0.600. The fourth-order valence-corrected chi connectivity index (χ4v) is 5.28. The predicted octanol–water partition coefficient (Wildman–Crippen LogP) is 1.75. The highest BCUT2D eigenvalue weighted by Gasteiger charge is 2.41. The number of sulfone groups is 1. The van der Waals surface area contributed by atoms with E-state index in [1.807, 2.05) is 30.3 Å². The van der Waals surface area contributed by atoms with Crippen LogP contribution in [0.4, 0.5) is 5.69 Å². The predicted molar refractivity (Wildman–Crippen MR) is 81.7 cm³/mol.